The molecule has 2 rings (SSSR count). The van der Waals surface area contributed by atoms with Crippen LogP contribution in [0.15, 0.2) is 30.3 Å². The Hall–Kier alpha value is -0.860. The second-order valence-corrected chi connectivity index (χ2v) is 5.56. The number of hydrogen-bond donors (Lipinski definition) is 2. The van der Waals surface area contributed by atoms with E-state index in [1.165, 1.54) is 18.4 Å². The summed E-state index contributed by atoms with van der Waals surface area (Å²) in [6.07, 6.45) is 6.52. The molecule has 1 atom stereocenters. The van der Waals surface area contributed by atoms with Crippen LogP contribution in [0.3, 0.4) is 0 Å². The fourth-order valence-corrected chi connectivity index (χ4v) is 2.88. The van der Waals surface area contributed by atoms with E-state index in [1.807, 2.05) is 0 Å². The molecule has 2 N–H and O–H groups in total. The quantitative estimate of drug-likeness (QED) is 0.807. The van der Waals surface area contributed by atoms with Gasteiger partial charge >= 0.3 is 0 Å². The van der Waals surface area contributed by atoms with Crippen LogP contribution < -0.4 is 5.32 Å². The van der Waals surface area contributed by atoms with E-state index in [0.29, 0.717) is 6.04 Å². The fraction of sp³-hybridized carbons (Fsp3) is 0.625. The first-order chi connectivity index (χ1) is 8.73. The SMILES string of the molecule is CCCC(NCC1(O)CCCC1)c1ccccc1. The molecule has 18 heavy (non-hydrogen) atoms. The number of nitrogens with one attached hydrogen (secondary N) is 1. The summed E-state index contributed by atoms with van der Waals surface area (Å²) in [6, 6.07) is 10.9. The third kappa shape index (κ3) is 3.56. The number of benzene rings is 1. The van der Waals surface area contributed by atoms with Crippen LogP contribution in [0.5, 0.6) is 0 Å². The summed E-state index contributed by atoms with van der Waals surface area (Å²) in [4.78, 5) is 0. The standard InChI is InChI=1S/C16H25NO/c1-2-8-15(14-9-4-3-5-10-14)17-13-16(18)11-6-7-12-16/h3-5,9-10,15,17-18H,2,6-8,11-13H2,1H3. The minimum absolute atomic E-state index is 0.376. The van der Waals surface area contributed by atoms with Crippen LogP contribution in [0.25, 0.3) is 0 Å². The average Bonchev–Trinajstić information content (AvgIpc) is 2.83. The predicted octanol–water partition coefficient (Wildman–Crippen LogP) is 3.42. The van der Waals surface area contributed by atoms with Gasteiger partial charge < -0.3 is 10.4 Å². The van der Waals surface area contributed by atoms with Crippen LogP contribution >= 0.6 is 0 Å². The highest BCUT2D eigenvalue weighted by molar-refractivity contribution is 5.18. The maximum atomic E-state index is 10.4. The smallest absolute Gasteiger partial charge is 0.0771 e. The third-order valence-electron chi connectivity index (χ3n) is 3.99. The minimum atomic E-state index is -0.458. The van der Waals surface area contributed by atoms with E-state index in [-0.39, 0.29) is 0 Å². The molecule has 1 fully saturated rings. The molecular weight excluding hydrogens is 222 g/mol. The van der Waals surface area contributed by atoms with Crippen molar-refractivity contribution in [3.05, 3.63) is 35.9 Å². The van der Waals surface area contributed by atoms with Crippen LogP contribution in [0, 0.1) is 0 Å². The lowest BCUT2D eigenvalue weighted by Crippen LogP contribution is -2.39. The lowest BCUT2D eigenvalue weighted by molar-refractivity contribution is 0.0444. The van der Waals surface area contributed by atoms with Crippen molar-refractivity contribution in [1.29, 1.82) is 0 Å². The van der Waals surface area contributed by atoms with Crippen molar-refractivity contribution in [2.24, 2.45) is 0 Å². The Balaban J connectivity index is 1.94. The highest BCUT2D eigenvalue weighted by Crippen LogP contribution is 2.29. The number of hydrogen-bond acceptors (Lipinski definition) is 2. The van der Waals surface area contributed by atoms with Crippen LogP contribution in [-0.2, 0) is 0 Å². The Kier molecular flexibility index (Phi) is 4.79. The largest absolute Gasteiger partial charge is 0.389 e. The normalized spacial score (nSPS) is 19.9. The van der Waals surface area contributed by atoms with Crippen molar-refractivity contribution in [2.75, 3.05) is 6.54 Å². The third-order valence-corrected chi connectivity index (χ3v) is 3.99. The van der Waals surface area contributed by atoms with E-state index in [4.69, 9.17) is 0 Å². The Morgan fingerprint density at radius 3 is 2.50 bits per heavy atom. The van der Waals surface area contributed by atoms with Gasteiger partial charge in [-0.15, -0.1) is 0 Å². The predicted molar refractivity (Wildman–Crippen MR) is 75.5 cm³/mol. The van der Waals surface area contributed by atoms with Crippen molar-refractivity contribution in [3.8, 4) is 0 Å². The topological polar surface area (TPSA) is 32.3 Å². The summed E-state index contributed by atoms with van der Waals surface area (Å²) in [5, 5.41) is 14.0. The van der Waals surface area contributed by atoms with Gasteiger partial charge in [-0.05, 0) is 24.8 Å². The summed E-state index contributed by atoms with van der Waals surface area (Å²) in [5.41, 5.74) is 0.877. The molecule has 1 aromatic carbocycles. The van der Waals surface area contributed by atoms with Gasteiger partial charge in [-0.1, -0.05) is 56.5 Å². The molecule has 1 aliphatic carbocycles. The van der Waals surface area contributed by atoms with Crippen molar-refractivity contribution in [3.63, 3.8) is 0 Å². The summed E-state index contributed by atoms with van der Waals surface area (Å²) in [6.45, 7) is 2.94. The van der Waals surface area contributed by atoms with Gasteiger partial charge in [0.15, 0.2) is 0 Å². The maximum Gasteiger partial charge on any atom is 0.0771 e. The summed E-state index contributed by atoms with van der Waals surface area (Å²) in [7, 11) is 0. The zero-order valence-corrected chi connectivity index (χ0v) is 11.4. The summed E-state index contributed by atoms with van der Waals surface area (Å²) in [5.74, 6) is 0. The average molecular weight is 247 g/mol. The maximum absolute atomic E-state index is 10.4. The van der Waals surface area contributed by atoms with E-state index in [0.717, 1.165) is 32.2 Å². The Morgan fingerprint density at radius 1 is 1.22 bits per heavy atom. The van der Waals surface area contributed by atoms with Crippen molar-refractivity contribution >= 4 is 0 Å². The molecule has 2 heteroatoms. The second kappa shape index (κ2) is 6.35. The lowest BCUT2D eigenvalue weighted by atomic mass is 9.98. The number of rotatable bonds is 6. The summed E-state index contributed by atoms with van der Waals surface area (Å²) >= 11 is 0. The molecule has 0 aromatic heterocycles. The van der Waals surface area contributed by atoms with E-state index in [2.05, 4.69) is 42.6 Å². The van der Waals surface area contributed by atoms with E-state index in [1.54, 1.807) is 0 Å². The molecule has 0 bridgehead atoms. The first-order valence-corrected chi connectivity index (χ1v) is 7.24. The highest BCUT2D eigenvalue weighted by atomic mass is 16.3. The lowest BCUT2D eigenvalue weighted by Gasteiger charge is -2.27. The summed E-state index contributed by atoms with van der Waals surface area (Å²) < 4.78 is 0. The molecule has 0 aliphatic heterocycles. The molecule has 1 aromatic rings. The van der Waals surface area contributed by atoms with Crippen molar-refractivity contribution in [2.45, 2.75) is 57.1 Å². The zero-order chi connectivity index (χ0) is 12.8. The van der Waals surface area contributed by atoms with Gasteiger partial charge in [0.05, 0.1) is 5.60 Å². The van der Waals surface area contributed by atoms with Crippen molar-refractivity contribution in [1.82, 2.24) is 5.32 Å². The Labute approximate surface area is 110 Å². The molecule has 0 heterocycles. The van der Waals surface area contributed by atoms with Gasteiger partial charge in [0.1, 0.15) is 0 Å². The van der Waals surface area contributed by atoms with E-state index < -0.39 is 5.60 Å². The zero-order valence-electron chi connectivity index (χ0n) is 11.4. The molecule has 2 nitrogen and oxygen atoms in total. The molecule has 0 saturated heterocycles. The molecule has 0 radical (unpaired) electrons. The Morgan fingerprint density at radius 2 is 1.89 bits per heavy atom. The van der Waals surface area contributed by atoms with Crippen LogP contribution in [-0.4, -0.2) is 17.3 Å². The first kappa shape index (κ1) is 13.6. The van der Waals surface area contributed by atoms with Gasteiger partial charge in [0.25, 0.3) is 0 Å². The van der Waals surface area contributed by atoms with Gasteiger partial charge in [0.2, 0.25) is 0 Å². The van der Waals surface area contributed by atoms with Gasteiger partial charge in [-0.2, -0.15) is 0 Å². The molecule has 0 spiro atoms. The molecule has 0 amide bonds. The number of aliphatic hydroxyl groups is 1. The minimum Gasteiger partial charge on any atom is -0.389 e. The monoisotopic (exact) mass is 247 g/mol. The second-order valence-electron chi connectivity index (χ2n) is 5.56. The van der Waals surface area contributed by atoms with Crippen LogP contribution in [0.4, 0.5) is 0 Å². The molecule has 100 valence electrons. The van der Waals surface area contributed by atoms with Gasteiger partial charge in [-0.25, -0.2) is 0 Å². The van der Waals surface area contributed by atoms with E-state index in [9.17, 15) is 5.11 Å². The van der Waals surface area contributed by atoms with Gasteiger partial charge in [0, 0.05) is 12.6 Å². The van der Waals surface area contributed by atoms with Crippen LogP contribution in [0.1, 0.15) is 57.1 Å². The van der Waals surface area contributed by atoms with Crippen molar-refractivity contribution < 1.29 is 5.11 Å². The molecule has 1 saturated carbocycles. The fourth-order valence-electron chi connectivity index (χ4n) is 2.88. The first-order valence-electron chi connectivity index (χ1n) is 7.24. The van der Waals surface area contributed by atoms with E-state index >= 15 is 0 Å². The van der Waals surface area contributed by atoms with Gasteiger partial charge in [-0.3, -0.25) is 0 Å². The molecule has 1 unspecified atom stereocenters. The Bertz CT molecular complexity index is 343. The highest BCUT2D eigenvalue weighted by Gasteiger charge is 2.31. The molecule has 1 aliphatic rings. The molecular formula is C16H25NO. The van der Waals surface area contributed by atoms with Crippen LogP contribution in [0.2, 0.25) is 0 Å².